The molecule has 0 unspecified atom stereocenters. The van der Waals surface area contributed by atoms with Gasteiger partial charge in [0.25, 0.3) is 0 Å². The van der Waals surface area contributed by atoms with Crippen molar-refractivity contribution in [2.24, 2.45) is 5.92 Å². The van der Waals surface area contributed by atoms with Crippen LogP contribution in [-0.2, 0) is 4.74 Å². The topological polar surface area (TPSA) is 119 Å². The number of aliphatic hydroxyl groups is 1. The van der Waals surface area contributed by atoms with Crippen LogP contribution in [0.3, 0.4) is 0 Å². The van der Waals surface area contributed by atoms with E-state index in [4.69, 9.17) is 10.1 Å². The van der Waals surface area contributed by atoms with Crippen molar-refractivity contribution in [2.75, 3.05) is 0 Å². The van der Waals surface area contributed by atoms with Crippen LogP contribution in [0.15, 0.2) is 53.6 Å². The maximum atomic E-state index is 12.9. The van der Waals surface area contributed by atoms with E-state index < -0.39 is 11.5 Å². The Morgan fingerprint density at radius 3 is 2.59 bits per heavy atom. The Bertz CT molecular complexity index is 1090. The van der Waals surface area contributed by atoms with Gasteiger partial charge in [0.2, 0.25) is 5.69 Å². The third-order valence-corrected chi connectivity index (χ3v) is 7.27. The standard InChI is InChI=1S/C26H32N4O4/c1-16-3-2-4-23(30(16)33)25(31)29-22-13-17(21(27)14-24(22)34-20-7-8-20)15-28-19-9-11-26(32,12-10-19)18-5-6-18/h2-4,13-15,18-20,27,31-33H,5-12H2,1H3/p+1/t19-,26-. The summed E-state index contributed by atoms with van der Waals surface area (Å²) >= 11 is 0. The molecule has 0 atom stereocenters. The molecule has 4 aliphatic rings. The Morgan fingerprint density at radius 2 is 1.91 bits per heavy atom. The number of ether oxygens (including phenoxy) is 1. The second kappa shape index (κ2) is 8.91. The normalized spacial score (nSPS) is 28.2. The summed E-state index contributed by atoms with van der Waals surface area (Å²) in [4.78, 5) is 12.9. The van der Waals surface area contributed by atoms with E-state index >= 15 is 0 Å². The smallest absolute Gasteiger partial charge is 0.325 e. The molecular formula is C26H33N4O4+. The number of carbonyl (C=O) groups excluding carboxylic acids is 1. The van der Waals surface area contributed by atoms with Gasteiger partial charge in [-0.15, -0.1) is 0 Å². The molecule has 1 aromatic rings. The van der Waals surface area contributed by atoms with Gasteiger partial charge in [-0.05, 0) is 69.4 Å². The van der Waals surface area contributed by atoms with Gasteiger partial charge in [0, 0.05) is 47.7 Å². The highest BCUT2D eigenvalue weighted by atomic mass is 16.5. The number of aromatic nitrogens is 1. The minimum atomic E-state index is -0.489. The zero-order chi connectivity index (χ0) is 23.9. The average Bonchev–Trinajstić information content (AvgIpc) is 3.72. The summed E-state index contributed by atoms with van der Waals surface area (Å²) in [6, 6.07) is 5.22. The summed E-state index contributed by atoms with van der Waals surface area (Å²) < 4.78 is 6.82. The molecule has 0 bridgehead atoms. The lowest BCUT2D eigenvalue weighted by molar-refractivity contribution is -0.909. The van der Waals surface area contributed by atoms with Gasteiger partial charge in [0.05, 0.1) is 23.1 Å². The maximum Gasteiger partial charge on any atom is 0.325 e. The Kier molecular flexibility index (Phi) is 5.93. The van der Waals surface area contributed by atoms with Gasteiger partial charge in [-0.3, -0.25) is 10.0 Å². The zero-order valence-corrected chi connectivity index (χ0v) is 19.5. The Hall–Kier alpha value is -3.13. The van der Waals surface area contributed by atoms with Crippen molar-refractivity contribution in [3.63, 3.8) is 0 Å². The molecule has 8 heteroatoms. The predicted octanol–water partition coefficient (Wildman–Crippen LogP) is 2.79. The predicted molar refractivity (Wildman–Crippen MR) is 125 cm³/mol. The number of nitrogens with one attached hydrogen (secondary N) is 3. The maximum absolute atomic E-state index is 12.9. The molecule has 180 valence electrons. The van der Waals surface area contributed by atoms with Gasteiger partial charge in [-0.2, -0.15) is 0 Å². The van der Waals surface area contributed by atoms with Gasteiger partial charge in [-0.25, -0.2) is 0 Å². The molecular weight excluding hydrogens is 432 g/mol. The highest BCUT2D eigenvalue weighted by Gasteiger charge is 2.45. The lowest BCUT2D eigenvalue weighted by Gasteiger charge is -2.36. The second-order valence-corrected chi connectivity index (χ2v) is 10.0. The molecule has 0 aromatic carbocycles. The van der Waals surface area contributed by atoms with Crippen LogP contribution in [0.1, 0.15) is 67.5 Å². The van der Waals surface area contributed by atoms with E-state index in [2.05, 4.69) is 10.6 Å². The van der Waals surface area contributed by atoms with Crippen molar-refractivity contribution in [3.8, 4) is 0 Å². The molecule has 4 aliphatic carbocycles. The van der Waals surface area contributed by atoms with Crippen LogP contribution in [-0.4, -0.2) is 39.7 Å². The Balaban J connectivity index is 1.30. The molecule has 8 nitrogen and oxygen atoms in total. The molecule has 1 heterocycles. The fraction of sp³-hybridized carbons (Fsp3) is 0.500. The van der Waals surface area contributed by atoms with Crippen LogP contribution >= 0.6 is 0 Å². The highest BCUT2D eigenvalue weighted by Crippen LogP contribution is 2.47. The number of allylic oxidation sites excluding steroid dienone is 3. The van der Waals surface area contributed by atoms with E-state index in [1.807, 2.05) is 6.20 Å². The Labute approximate surface area is 199 Å². The number of rotatable bonds is 7. The number of carbonyl (C=O) groups is 1. The summed E-state index contributed by atoms with van der Waals surface area (Å²) in [5, 5.41) is 35.8. The zero-order valence-electron chi connectivity index (χ0n) is 19.5. The molecule has 1 aromatic heterocycles. The summed E-state index contributed by atoms with van der Waals surface area (Å²) in [7, 11) is 0. The molecule has 5 N–H and O–H groups in total. The number of hydrogen-bond donors (Lipinski definition) is 5. The fourth-order valence-electron chi connectivity index (χ4n) is 4.77. The molecule has 3 saturated carbocycles. The highest BCUT2D eigenvalue weighted by molar-refractivity contribution is 6.10. The SMILES string of the molecule is Cc1cccc(C(=O)NC2=C/C(=C/N[C@H]3CC[C@@](O)(C4CC4)CC3)C(=N)C=C2OC2CC2)[n+]1O. The van der Waals surface area contributed by atoms with Crippen LogP contribution in [0, 0.1) is 18.3 Å². The Morgan fingerprint density at radius 1 is 1.18 bits per heavy atom. The van der Waals surface area contributed by atoms with Gasteiger partial charge in [0.15, 0.2) is 0 Å². The molecule has 5 rings (SSSR count). The van der Waals surface area contributed by atoms with Crippen molar-refractivity contribution in [2.45, 2.75) is 76.0 Å². The quantitative estimate of drug-likeness (QED) is 0.313. The first-order chi connectivity index (χ1) is 16.3. The van der Waals surface area contributed by atoms with Crippen LogP contribution in [0.25, 0.3) is 0 Å². The summed E-state index contributed by atoms with van der Waals surface area (Å²) in [5.41, 5.74) is 1.58. The third-order valence-electron chi connectivity index (χ3n) is 7.27. The van der Waals surface area contributed by atoms with Crippen molar-refractivity contribution in [3.05, 3.63) is 65.0 Å². The van der Waals surface area contributed by atoms with Gasteiger partial charge in [0.1, 0.15) is 5.76 Å². The van der Waals surface area contributed by atoms with Gasteiger partial charge >= 0.3 is 11.6 Å². The summed E-state index contributed by atoms with van der Waals surface area (Å²) in [6.45, 7) is 1.71. The van der Waals surface area contributed by atoms with Gasteiger partial charge < -0.3 is 25.9 Å². The number of nitrogens with zero attached hydrogens (tertiary/aromatic N) is 1. The van der Waals surface area contributed by atoms with Crippen molar-refractivity contribution in [1.29, 1.82) is 5.41 Å². The molecule has 0 saturated heterocycles. The van der Waals surface area contributed by atoms with E-state index in [-0.39, 0.29) is 17.8 Å². The molecule has 0 spiro atoms. The number of pyridine rings is 1. The number of amides is 1. The first-order valence-corrected chi connectivity index (χ1v) is 12.2. The molecule has 0 radical (unpaired) electrons. The van der Waals surface area contributed by atoms with Crippen LogP contribution < -0.4 is 15.4 Å². The van der Waals surface area contributed by atoms with Crippen LogP contribution in [0.5, 0.6) is 0 Å². The van der Waals surface area contributed by atoms with E-state index in [9.17, 15) is 15.1 Å². The van der Waals surface area contributed by atoms with Crippen LogP contribution in [0.2, 0.25) is 0 Å². The van der Waals surface area contributed by atoms with E-state index in [0.29, 0.717) is 34.4 Å². The van der Waals surface area contributed by atoms with Crippen LogP contribution in [0.4, 0.5) is 0 Å². The lowest BCUT2D eigenvalue weighted by Crippen LogP contribution is -2.44. The minimum Gasteiger partial charge on any atom is -0.488 e. The molecule has 34 heavy (non-hydrogen) atoms. The first kappa shape index (κ1) is 22.7. The lowest BCUT2D eigenvalue weighted by atomic mass is 9.79. The third kappa shape index (κ3) is 4.87. The van der Waals surface area contributed by atoms with E-state index in [1.165, 1.54) is 0 Å². The van der Waals surface area contributed by atoms with Crippen molar-refractivity contribution >= 4 is 11.6 Å². The molecule has 3 fully saturated rings. The number of hydrogen-bond acceptors (Lipinski definition) is 6. The number of aryl methyl sites for hydroxylation is 1. The monoisotopic (exact) mass is 465 g/mol. The van der Waals surface area contributed by atoms with E-state index in [1.54, 1.807) is 37.3 Å². The summed E-state index contributed by atoms with van der Waals surface area (Å²) in [6.07, 6.45) is 12.9. The summed E-state index contributed by atoms with van der Waals surface area (Å²) in [5.74, 6) is 0.478. The second-order valence-electron chi connectivity index (χ2n) is 10.0. The fourth-order valence-corrected chi connectivity index (χ4v) is 4.77. The average molecular weight is 466 g/mol. The first-order valence-electron chi connectivity index (χ1n) is 12.2. The van der Waals surface area contributed by atoms with Crippen molar-refractivity contribution in [1.82, 2.24) is 10.6 Å². The largest absolute Gasteiger partial charge is 0.488 e. The molecule has 0 aliphatic heterocycles. The van der Waals surface area contributed by atoms with Gasteiger partial charge in [-0.1, -0.05) is 0 Å². The van der Waals surface area contributed by atoms with E-state index in [0.717, 1.165) is 56.1 Å². The molecule has 1 amide bonds. The minimum absolute atomic E-state index is 0.109. The van der Waals surface area contributed by atoms with Crippen molar-refractivity contribution < 1.29 is 24.6 Å².